The molecule has 0 bridgehead atoms. The minimum Gasteiger partial charge on any atom is -0.383 e. The minimum absolute atomic E-state index is 0.415. The fraction of sp³-hybridized carbons (Fsp3) is 0.875. The lowest BCUT2D eigenvalue weighted by Crippen LogP contribution is -2.25. The van der Waals surface area contributed by atoms with E-state index in [1.807, 2.05) is 0 Å². The normalized spacial score (nSPS) is 23.4. The van der Waals surface area contributed by atoms with Gasteiger partial charge in [-0.05, 0) is 37.0 Å². The maximum absolute atomic E-state index is 5.33. The van der Waals surface area contributed by atoms with Crippen LogP contribution in [0.5, 0.6) is 0 Å². The van der Waals surface area contributed by atoms with Crippen LogP contribution in [-0.4, -0.2) is 30.4 Å². The fourth-order valence-electron chi connectivity index (χ4n) is 3.09. The Morgan fingerprint density at radius 1 is 1.24 bits per heavy atom. The number of nitrogens with one attached hydrogen (secondary N) is 1. The molecule has 0 aromatic carbocycles. The van der Waals surface area contributed by atoms with Crippen molar-refractivity contribution in [2.45, 2.75) is 58.9 Å². The Hall–Kier alpha value is -0.940. The van der Waals surface area contributed by atoms with Gasteiger partial charge >= 0.3 is 0 Å². The number of rotatable bonds is 6. The van der Waals surface area contributed by atoms with Gasteiger partial charge in [-0.2, -0.15) is 4.98 Å². The second kappa shape index (κ2) is 7.36. The van der Waals surface area contributed by atoms with Gasteiger partial charge in [0, 0.05) is 19.6 Å². The van der Waals surface area contributed by atoms with Crippen LogP contribution in [0.15, 0.2) is 4.52 Å². The van der Waals surface area contributed by atoms with Crippen molar-refractivity contribution in [2.75, 3.05) is 20.3 Å². The Kier molecular flexibility index (Phi) is 5.76. The van der Waals surface area contributed by atoms with Gasteiger partial charge in [0.15, 0.2) is 5.82 Å². The average molecular weight is 295 g/mol. The van der Waals surface area contributed by atoms with E-state index in [4.69, 9.17) is 9.26 Å². The van der Waals surface area contributed by atoms with Gasteiger partial charge in [-0.1, -0.05) is 25.9 Å². The Morgan fingerprint density at radius 3 is 2.57 bits per heavy atom. The summed E-state index contributed by atoms with van der Waals surface area (Å²) < 4.78 is 10.3. The van der Waals surface area contributed by atoms with Gasteiger partial charge in [-0.15, -0.1) is 0 Å². The molecule has 1 aromatic rings. The number of methoxy groups -OCH3 is 1. The molecule has 1 saturated carbocycles. The van der Waals surface area contributed by atoms with Crippen LogP contribution in [-0.2, 0) is 11.3 Å². The van der Waals surface area contributed by atoms with Crippen LogP contribution < -0.4 is 5.32 Å². The third-order valence-electron chi connectivity index (χ3n) is 4.56. The lowest BCUT2D eigenvalue weighted by atomic mass is 9.70. The molecule has 5 nitrogen and oxygen atoms in total. The standard InChI is InChI=1S/C16H29N3O2/c1-16(2,3)13-7-5-12(6-8-13)15-18-14(21-19-15)11-17-9-10-20-4/h12-13,17H,5-11H2,1-4H3. The summed E-state index contributed by atoms with van der Waals surface area (Å²) in [5, 5.41) is 7.39. The number of ether oxygens (including phenoxy) is 1. The van der Waals surface area contributed by atoms with E-state index in [0.717, 1.165) is 18.3 Å². The van der Waals surface area contributed by atoms with Gasteiger partial charge in [0.05, 0.1) is 13.2 Å². The predicted octanol–water partition coefficient (Wildman–Crippen LogP) is 3.13. The van der Waals surface area contributed by atoms with Crippen molar-refractivity contribution >= 4 is 0 Å². The average Bonchev–Trinajstić information content (AvgIpc) is 2.92. The van der Waals surface area contributed by atoms with E-state index in [2.05, 4.69) is 36.2 Å². The first-order valence-corrected chi connectivity index (χ1v) is 8.03. The maximum atomic E-state index is 5.33. The summed E-state index contributed by atoms with van der Waals surface area (Å²) in [7, 11) is 1.69. The molecule has 1 N–H and O–H groups in total. The van der Waals surface area contributed by atoms with Gasteiger partial charge in [0.1, 0.15) is 0 Å². The molecule has 0 spiro atoms. The molecule has 1 aromatic heterocycles. The van der Waals surface area contributed by atoms with E-state index in [-0.39, 0.29) is 0 Å². The molecule has 5 heteroatoms. The lowest BCUT2D eigenvalue weighted by molar-refractivity contribution is 0.166. The van der Waals surface area contributed by atoms with Crippen LogP contribution in [0.25, 0.3) is 0 Å². The molecule has 1 aliphatic rings. The Bertz CT molecular complexity index is 417. The van der Waals surface area contributed by atoms with Crippen molar-refractivity contribution < 1.29 is 9.26 Å². The third kappa shape index (κ3) is 4.78. The fourth-order valence-corrected chi connectivity index (χ4v) is 3.09. The molecular formula is C16H29N3O2. The Balaban J connectivity index is 1.80. The van der Waals surface area contributed by atoms with Crippen molar-refractivity contribution in [3.8, 4) is 0 Å². The summed E-state index contributed by atoms with van der Waals surface area (Å²) in [4.78, 5) is 4.54. The second-order valence-corrected chi connectivity index (χ2v) is 7.13. The minimum atomic E-state index is 0.415. The topological polar surface area (TPSA) is 60.2 Å². The van der Waals surface area contributed by atoms with Gasteiger partial charge < -0.3 is 14.6 Å². The van der Waals surface area contributed by atoms with Crippen LogP contribution in [0.3, 0.4) is 0 Å². The van der Waals surface area contributed by atoms with Crippen molar-refractivity contribution in [1.29, 1.82) is 0 Å². The van der Waals surface area contributed by atoms with E-state index in [1.54, 1.807) is 7.11 Å². The Labute approximate surface area is 127 Å². The largest absolute Gasteiger partial charge is 0.383 e. The Morgan fingerprint density at radius 2 is 1.95 bits per heavy atom. The molecule has 0 saturated heterocycles. The molecule has 0 atom stereocenters. The molecule has 21 heavy (non-hydrogen) atoms. The van der Waals surface area contributed by atoms with Crippen LogP contribution in [0, 0.1) is 11.3 Å². The molecule has 0 unspecified atom stereocenters. The van der Waals surface area contributed by atoms with E-state index in [1.165, 1.54) is 25.7 Å². The van der Waals surface area contributed by atoms with Gasteiger partial charge in [0.25, 0.3) is 0 Å². The zero-order valence-corrected chi connectivity index (χ0v) is 13.8. The monoisotopic (exact) mass is 295 g/mol. The third-order valence-corrected chi connectivity index (χ3v) is 4.56. The zero-order chi connectivity index (χ0) is 15.3. The molecule has 120 valence electrons. The summed E-state index contributed by atoms with van der Waals surface area (Å²) in [5.74, 6) is 2.86. The first-order valence-electron chi connectivity index (χ1n) is 8.03. The summed E-state index contributed by atoms with van der Waals surface area (Å²) in [6.07, 6.45) is 4.89. The molecule has 1 heterocycles. The van der Waals surface area contributed by atoms with Crippen molar-refractivity contribution in [1.82, 2.24) is 15.5 Å². The SMILES string of the molecule is COCCNCc1nc(C2CCC(C(C)(C)C)CC2)no1. The van der Waals surface area contributed by atoms with Crippen molar-refractivity contribution in [3.63, 3.8) is 0 Å². The molecule has 1 fully saturated rings. The number of hydrogen-bond acceptors (Lipinski definition) is 5. The number of aromatic nitrogens is 2. The summed E-state index contributed by atoms with van der Waals surface area (Å²) in [5.41, 5.74) is 0.415. The lowest BCUT2D eigenvalue weighted by Gasteiger charge is -2.36. The first kappa shape index (κ1) is 16.4. The highest BCUT2D eigenvalue weighted by molar-refractivity contribution is 4.98. The predicted molar refractivity (Wildman–Crippen MR) is 82.0 cm³/mol. The van der Waals surface area contributed by atoms with Gasteiger partial charge in [-0.3, -0.25) is 0 Å². The summed E-state index contributed by atoms with van der Waals surface area (Å²) in [6, 6.07) is 0. The van der Waals surface area contributed by atoms with Crippen LogP contribution >= 0.6 is 0 Å². The first-order chi connectivity index (χ1) is 10.0. The maximum Gasteiger partial charge on any atom is 0.240 e. The molecule has 0 aliphatic heterocycles. The van der Waals surface area contributed by atoms with E-state index in [9.17, 15) is 0 Å². The van der Waals surface area contributed by atoms with Crippen LogP contribution in [0.2, 0.25) is 0 Å². The van der Waals surface area contributed by atoms with Crippen molar-refractivity contribution in [3.05, 3.63) is 11.7 Å². The molecule has 0 amide bonds. The smallest absolute Gasteiger partial charge is 0.240 e. The van der Waals surface area contributed by atoms with E-state index >= 15 is 0 Å². The van der Waals surface area contributed by atoms with Gasteiger partial charge in [-0.25, -0.2) is 0 Å². The van der Waals surface area contributed by atoms with E-state index in [0.29, 0.717) is 30.4 Å². The summed E-state index contributed by atoms with van der Waals surface area (Å²) >= 11 is 0. The van der Waals surface area contributed by atoms with Crippen LogP contribution in [0.1, 0.15) is 64.1 Å². The molecule has 2 rings (SSSR count). The highest BCUT2D eigenvalue weighted by atomic mass is 16.5. The highest BCUT2D eigenvalue weighted by Crippen LogP contribution is 2.42. The van der Waals surface area contributed by atoms with Crippen molar-refractivity contribution in [2.24, 2.45) is 11.3 Å². The van der Waals surface area contributed by atoms with E-state index < -0.39 is 0 Å². The molecular weight excluding hydrogens is 266 g/mol. The highest BCUT2D eigenvalue weighted by Gasteiger charge is 2.31. The second-order valence-electron chi connectivity index (χ2n) is 7.13. The zero-order valence-electron chi connectivity index (χ0n) is 13.8. The quantitative estimate of drug-likeness (QED) is 0.817. The molecule has 0 radical (unpaired) electrons. The molecule has 1 aliphatic carbocycles. The number of nitrogens with zero attached hydrogens (tertiary/aromatic N) is 2. The van der Waals surface area contributed by atoms with Crippen LogP contribution in [0.4, 0.5) is 0 Å². The van der Waals surface area contributed by atoms with Gasteiger partial charge in [0.2, 0.25) is 5.89 Å². The number of hydrogen-bond donors (Lipinski definition) is 1. The summed E-state index contributed by atoms with van der Waals surface area (Å²) in [6.45, 7) is 9.14.